The zero-order valence-electron chi connectivity index (χ0n) is 8.13. The van der Waals surface area contributed by atoms with E-state index in [0.29, 0.717) is 6.54 Å². The third-order valence-corrected chi connectivity index (χ3v) is 2.77. The van der Waals surface area contributed by atoms with Gasteiger partial charge in [-0.3, -0.25) is 0 Å². The molecule has 3 nitrogen and oxygen atoms in total. The molecule has 0 aliphatic heterocycles. The molecule has 0 saturated carbocycles. The predicted molar refractivity (Wildman–Crippen MR) is 63.4 cm³/mol. The smallest absolute Gasteiger partial charge is 0.140 e. The molecule has 0 atom stereocenters. The lowest BCUT2D eigenvalue weighted by atomic mass is 10.3. The summed E-state index contributed by atoms with van der Waals surface area (Å²) >= 11 is 3.48. The summed E-state index contributed by atoms with van der Waals surface area (Å²) in [6.07, 6.45) is 5.68. The topological polar surface area (TPSA) is 50.9 Å². The number of aryl methyl sites for hydroxylation is 1. The molecule has 0 saturated heterocycles. The van der Waals surface area contributed by atoms with Crippen LogP contribution in [-0.2, 0) is 0 Å². The van der Waals surface area contributed by atoms with Gasteiger partial charge in [0.05, 0.1) is 4.47 Å². The molecule has 1 aromatic heterocycles. The minimum atomic E-state index is 0.574. The molecule has 1 aromatic rings. The minimum absolute atomic E-state index is 0.574. The normalized spacial score (nSPS) is 10.8. The van der Waals surface area contributed by atoms with E-state index in [1.54, 1.807) is 6.20 Å². The lowest BCUT2D eigenvalue weighted by Gasteiger charge is -2.06. The summed E-state index contributed by atoms with van der Waals surface area (Å²) in [5.41, 5.74) is 6.49. The van der Waals surface area contributed by atoms with Crippen LogP contribution < -0.4 is 11.1 Å². The van der Waals surface area contributed by atoms with Crippen molar-refractivity contribution in [3.8, 4) is 0 Å². The van der Waals surface area contributed by atoms with Gasteiger partial charge < -0.3 is 11.1 Å². The number of aromatic nitrogens is 1. The van der Waals surface area contributed by atoms with Crippen molar-refractivity contribution in [2.45, 2.75) is 6.92 Å². The van der Waals surface area contributed by atoms with Crippen LogP contribution in [-0.4, -0.2) is 18.1 Å². The molecule has 0 unspecified atom stereocenters. The standard InChI is InChI=1S/C10H14BrN3/c1-8-4-7-14-10(9(8)11)13-6-3-2-5-12/h2-4,7H,5-6,12H2,1H3,(H,13,14)/b3-2+. The highest BCUT2D eigenvalue weighted by atomic mass is 79.9. The van der Waals surface area contributed by atoms with Crippen molar-refractivity contribution < 1.29 is 0 Å². The van der Waals surface area contributed by atoms with Crippen molar-refractivity contribution >= 4 is 21.7 Å². The molecule has 0 bridgehead atoms. The van der Waals surface area contributed by atoms with Gasteiger partial charge in [-0.1, -0.05) is 12.2 Å². The van der Waals surface area contributed by atoms with Gasteiger partial charge in [0.2, 0.25) is 0 Å². The molecule has 0 spiro atoms. The highest BCUT2D eigenvalue weighted by Crippen LogP contribution is 2.22. The Morgan fingerprint density at radius 2 is 2.36 bits per heavy atom. The molecule has 1 heterocycles. The Hall–Kier alpha value is -0.870. The fourth-order valence-corrected chi connectivity index (χ4v) is 1.37. The Bertz CT molecular complexity index is 323. The molecule has 0 radical (unpaired) electrons. The Labute approximate surface area is 92.5 Å². The van der Waals surface area contributed by atoms with Gasteiger partial charge in [-0.15, -0.1) is 0 Å². The summed E-state index contributed by atoms with van der Waals surface area (Å²) < 4.78 is 1.01. The van der Waals surface area contributed by atoms with E-state index in [1.165, 1.54) is 5.56 Å². The van der Waals surface area contributed by atoms with E-state index in [-0.39, 0.29) is 0 Å². The molecule has 0 aliphatic rings. The molecular weight excluding hydrogens is 242 g/mol. The van der Waals surface area contributed by atoms with Gasteiger partial charge in [-0.25, -0.2) is 4.98 Å². The highest BCUT2D eigenvalue weighted by Gasteiger charge is 2.01. The van der Waals surface area contributed by atoms with Crippen molar-refractivity contribution in [3.63, 3.8) is 0 Å². The SMILES string of the molecule is Cc1ccnc(NC/C=C/CN)c1Br. The number of nitrogens with zero attached hydrogens (tertiary/aromatic N) is 1. The van der Waals surface area contributed by atoms with Crippen LogP contribution in [0.3, 0.4) is 0 Å². The number of anilines is 1. The average molecular weight is 256 g/mol. The van der Waals surface area contributed by atoms with Gasteiger partial charge in [0.25, 0.3) is 0 Å². The van der Waals surface area contributed by atoms with E-state index in [9.17, 15) is 0 Å². The molecule has 0 fully saturated rings. The number of pyridine rings is 1. The fraction of sp³-hybridized carbons (Fsp3) is 0.300. The fourth-order valence-electron chi connectivity index (χ4n) is 0.999. The van der Waals surface area contributed by atoms with Crippen LogP contribution >= 0.6 is 15.9 Å². The largest absolute Gasteiger partial charge is 0.366 e. The summed E-state index contributed by atoms with van der Waals surface area (Å²) in [5, 5.41) is 3.19. The molecule has 14 heavy (non-hydrogen) atoms. The zero-order valence-corrected chi connectivity index (χ0v) is 9.71. The summed E-state index contributed by atoms with van der Waals surface area (Å²) in [7, 11) is 0. The second-order valence-electron chi connectivity index (χ2n) is 2.88. The highest BCUT2D eigenvalue weighted by molar-refractivity contribution is 9.10. The van der Waals surface area contributed by atoms with Crippen molar-refractivity contribution in [2.24, 2.45) is 5.73 Å². The molecule has 0 aliphatic carbocycles. The first-order valence-electron chi connectivity index (χ1n) is 4.45. The van der Waals surface area contributed by atoms with Crippen LogP contribution in [0.2, 0.25) is 0 Å². The number of halogens is 1. The first-order chi connectivity index (χ1) is 6.75. The Balaban J connectivity index is 2.59. The maximum atomic E-state index is 5.32. The van der Waals surface area contributed by atoms with E-state index in [1.807, 2.05) is 25.1 Å². The van der Waals surface area contributed by atoms with Crippen molar-refractivity contribution in [1.29, 1.82) is 0 Å². The van der Waals surface area contributed by atoms with Crippen molar-refractivity contribution in [3.05, 3.63) is 34.5 Å². The Morgan fingerprint density at radius 3 is 3.07 bits per heavy atom. The average Bonchev–Trinajstić information content (AvgIpc) is 2.19. The number of rotatable bonds is 4. The quantitative estimate of drug-likeness (QED) is 0.811. The van der Waals surface area contributed by atoms with Gasteiger partial charge in [-0.05, 0) is 34.5 Å². The van der Waals surface area contributed by atoms with Gasteiger partial charge in [-0.2, -0.15) is 0 Å². The van der Waals surface area contributed by atoms with Gasteiger partial charge in [0.1, 0.15) is 5.82 Å². The zero-order chi connectivity index (χ0) is 10.4. The third-order valence-electron chi connectivity index (χ3n) is 1.77. The van der Waals surface area contributed by atoms with Crippen LogP contribution in [0.5, 0.6) is 0 Å². The van der Waals surface area contributed by atoms with Crippen molar-refractivity contribution in [2.75, 3.05) is 18.4 Å². The van der Waals surface area contributed by atoms with Crippen LogP contribution in [0, 0.1) is 6.92 Å². The Morgan fingerprint density at radius 1 is 1.57 bits per heavy atom. The summed E-state index contributed by atoms with van der Waals surface area (Å²) in [4.78, 5) is 4.21. The van der Waals surface area contributed by atoms with Gasteiger partial charge in [0.15, 0.2) is 0 Å². The first-order valence-corrected chi connectivity index (χ1v) is 5.25. The molecule has 1 rings (SSSR count). The van der Waals surface area contributed by atoms with E-state index >= 15 is 0 Å². The van der Waals surface area contributed by atoms with Crippen LogP contribution in [0.25, 0.3) is 0 Å². The van der Waals surface area contributed by atoms with Gasteiger partial charge in [0, 0.05) is 19.3 Å². The number of hydrogen-bond donors (Lipinski definition) is 2. The predicted octanol–water partition coefficient (Wildman–Crippen LogP) is 2.08. The van der Waals surface area contributed by atoms with Crippen LogP contribution in [0.15, 0.2) is 28.9 Å². The molecular formula is C10H14BrN3. The van der Waals surface area contributed by atoms with E-state index < -0.39 is 0 Å². The van der Waals surface area contributed by atoms with Crippen molar-refractivity contribution in [1.82, 2.24) is 4.98 Å². The second-order valence-corrected chi connectivity index (χ2v) is 3.67. The van der Waals surface area contributed by atoms with Crippen LogP contribution in [0.1, 0.15) is 5.56 Å². The number of hydrogen-bond acceptors (Lipinski definition) is 3. The summed E-state index contributed by atoms with van der Waals surface area (Å²) in [5.74, 6) is 0.867. The van der Waals surface area contributed by atoms with Crippen LogP contribution in [0.4, 0.5) is 5.82 Å². The minimum Gasteiger partial charge on any atom is -0.366 e. The maximum Gasteiger partial charge on any atom is 0.140 e. The third kappa shape index (κ3) is 3.12. The van der Waals surface area contributed by atoms with E-state index in [2.05, 4.69) is 26.2 Å². The molecule has 0 amide bonds. The summed E-state index contributed by atoms with van der Waals surface area (Å²) in [6, 6.07) is 1.96. The van der Waals surface area contributed by atoms with Gasteiger partial charge >= 0.3 is 0 Å². The lowest BCUT2D eigenvalue weighted by Crippen LogP contribution is -2.03. The second kappa shape index (κ2) is 5.78. The first kappa shape index (κ1) is 11.2. The molecule has 0 aromatic carbocycles. The molecule has 76 valence electrons. The number of nitrogens with one attached hydrogen (secondary N) is 1. The molecule has 4 heteroatoms. The Kier molecular flexibility index (Phi) is 4.62. The maximum absolute atomic E-state index is 5.32. The van der Waals surface area contributed by atoms with E-state index in [0.717, 1.165) is 16.8 Å². The van der Waals surface area contributed by atoms with E-state index in [4.69, 9.17) is 5.73 Å². The lowest BCUT2D eigenvalue weighted by molar-refractivity contribution is 1.18. The number of nitrogens with two attached hydrogens (primary N) is 1. The monoisotopic (exact) mass is 255 g/mol. The summed E-state index contributed by atoms with van der Waals surface area (Å²) in [6.45, 7) is 3.35. The molecule has 3 N–H and O–H groups in total.